The number of ether oxygens (including phenoxy) is 1. The Hall–Kier alpha value is -2.34. The van der Waals surface area contributed by atoms with E-state index in [4.69, 9.17) is 4.74 Å². The van der Waals surface area contributed by atoms with Gasteiger partial charge in [-0.25, -0.2) is 0 Å². The summed E-state index contributed by atoms with van der Waals surface area (Å²) in [5.74, 6) is -0.00276. The summed E-state index contributed by atoms with van der Waals surface area (Å²) in [5, 5.41) is 5.68. The van der Waals surface area contributed by atoms with Crippen molar-refractivity contribution in [3.8, 4) is 5.75 Å². The number of halogens is 1. The molecule has 2 N–H and O–H groups in total. The van der Waals surface area contributed by atoms with Gasteiger partial charge in [0.15, 0.2) is 0 Å². The zero-order chi connectivity index (χ0) is 19.6. The number of anilines is 1. The SMILES string of the molecule is CCCCOc1ccc(Br)cc1C(=O)Nc1ccccc1C(=O)NCCC. The van der Waals surface area contributed by atoms with Gasteiger partial charge in [-0.1, -0.05) is 48.3 Å². The second-order valence-corrected chi connectivity index (χ2v) is 7.01. The van der Waals surface area contributed by atoms with Crippen molar-refractivity contribution in [1.29, 1.82) is 0 Å². The third-order valence-electron chi connectivity index (χ3n) is 3.90. The molecule has 5 nitrogen and oxygen atoms in total. The molecule has 0 unspecified atom stereocenters. The number of amides is 2. The van der Waals surface area contributed by atoms with Gasteiger partial charge in [0, 0.05) is 11.0 Å². The molecule has 0 fully saturated rings. The van der Waals surface area contributed by atoms with E-state index in [1.165, 1.54) is 0 Å². The van der Waals surface area contributed by atoms with E-state index in [1.54, 1.807) is 36.4 Å². The fraction of sp³-hybridized carbons (Fsp3) is 0.333. The molecule has 27 heavy (non-hydrogen) atoms. The van der Waals surface area contributed by atoms with Gasteiger partial charge in [0.2, 0.25) is 0 Å². The molecular formula is C21H25BrN2O3. The van der Waals surface area contributed by atoms with Gasteiger partial charge in [-0.05, 0) is 43.2 Å². The largest absolute Gasteiger partial charge is 0.493 e. The van der Waals surface area contributed by atoms with Crippen LogP contribution in [0, 0.1) is 0 Å². The Balaban J connectivity index is 2.22. The van der Waals surface area contributed by atoms with E-state index in [0.29, 0.717) is 35.7 Å². The third kappa shape index (κ3) is 6.10. The van der Waals surface area contributed by atoms with Gasteiger partial charge in [-0.15, -0.1) is 0 Å². The summed E-state index contributed by atoms with van der Waals surface area (Å²) in [6.07, 6.45) is 2.77. The van der Waals surface area contributed by atoms with Crippen molar-refractivity contribution in [3.63, 3.8) is 0 Å². The number of unbranched alkanes of at least 4 members (excludes halogenated alkanes) is 1. The lowest BCUT2D eigenvalue weighted by Gasteiger charge is -2.14. The molecule has 2 aromatic rings. The Labute approximate surface area is 168 Å². The van der Waals surface area contributed by atoms with E-state index in [0.717, 1.165) is 23.7 Å². The number of hydrogen-bond acceptors (Lipinski definition) is 3. The fourth-order valence-electron chi connectivity index (χ4n) is 2.45. The van der Waals surface area contributed by atoms with Crippen LogP contribution in [0.15, 0.2) is 46.9 Å². The summed E-state index contributed by atoms with van der Waals surface area (Å²) >= 11 is 3.40. The zero-order valence-electron chi connectivity index (χ0n) is 15.7. The van der Waals surface area contributed by atoms with Crippen molar-refractivity contribution < 1.29 is 14.3 Å². The molecule has 0 radical (unpaired) electrons. The van der Waals surface area contributed by atoms with Crippen molar-refractivity contribution in [2.75, 3.05) is 18.5 Å². The summed E-state index contributed by atoms with van der Waals surface area (Å²) in [6, 6.07) is 12.3. The van der Waals surface area contributed by atoms with Crippen molar-refractivity contribution in [1.82, 2.24) is 5.32 Å². The number of para-hydroxylation sites is 1. The first-order chi connectivity index (χ1) is 13.1. The highest BCUT2D eigenvalue weighted by atomic mass is 79.9. The summed E-state index contributed by atoms with van der Waals surface area (Å²) in [5.41, 5.74) is 1.32. The summed E-state index contributed by atoms with van der Waals surface area (Å²) in [4.78, 5) is 25.2. The van der Waals surface area contributed by atoms with Crippen LogP contribution >= 0.6 is 15.9 Å². The number of carbonyl (C=O) groups is 2. The number of benzene rings is 2. The molecule has 0 aliphatic rings. The van der Waals surface area contributed by atoms with Gasteiger partial charge in [0.05, 0.1) is 23.4 Å². The van der Waals surface area contributed by atoms with E-state index in [-0.39, 0.29) is 11.8 Å². The van der Waals surface area contributed by atoms with E-state index < -0.39 is 0 Å². The van der Waals surface area contributed by atoms with Gasteiger partial charge in [-0.2, -0.15) is 0 Å². The Morgan fingerprint density at radius 3 is 2.52 bits per heavy atom. The maximum atomic E-state index is 12.9. The zero-order valence-corrected chi connectivity index (χ0v) is 17.3. The molecule has 0 aromatic heterocycles. The molecular weight excluding hydrogens is 408 g/mol. The number of carbonyl (C=O) groups excluding carboxylic acids is 2. The molecule has 0 aliphatic carbocycles. The topological polar surface area (TPSA) is 67.4 Å². The van der Waals surface area contributed by atoms with Gasteiger partial charge in [-0.3, -0.25) is 9.59 Å². The molecule has 0 saturated carbocycles. The average Bonchev–Trinajstić information content (AvgIpc) is 2.67. The second-order valence-electron chi connectivity index (χ2n) is 6.10. The molecule has 2 rings (SSSR count). The predicted octanol–water partition coefficient (Wildman–Crippen LogP) is 5.02. The van der Waals surface area contributed by atoms with Crippen molar-refractivity contribution in [2.45, 2.75) is 33.1 Å². The van der Waals surface area contributed by atoms with Gasteiger partial charge >= 0.3 is 0 Å². The minimum absolute atomic E-state index is 0.207. The van der Waals surface area contributed by atoms with Crippen molar-refractivity contribution >= 4 is 33.4 Å². The quantitative estimate of drug-likeness (QED) is 0.546. The van der Waals surface area contributed by atoms with E-state index in [9.17, 15) is 9.59 Å². The predicted molar refractivity (Wildman–Crippen MR) is 112 cm³/mol. The molecule has 6 heteroatoms. The van der Waals surface area contributed by atoms with Gasteiger partial charge in [0.1, 0.15) is 5.75 Å². The monoisotopic (exact) mass is 432 g/mol. The van der Waals surface area contributed by atoms with Crippen LogP contribution in [0.25, 0.3) is 0 Å². The highest BCUT2D eigenvalue weighted by Gasteiger charge is 2.17. The molecule has 0 saturated heterocycles. The molecule has 2 amide bonds. The van der Waals surface area contributed by atoms with Crippen LogP contribution in [0.4, 0.5) is 5.69 Å². The highest BCUT2D eigenvalue weighted by molar-refractivity contribution is 9.10. The normalized spacial score (nSPS) is 10.3. The molecule has 2 aromatic carbocycles. The standard InChI is InChI=1S/C21H25BrN2O3/c1-3-5-13-27-19-11-10-15(22)14-17(19)21(26)24-18-9-7-6-8-16(18)20(25)23-12-4-2/h6-11,14H,3-5,12-13H2,1-2H3,(H,23,25)(H,24,26). The Kier molecular flexibility index (Phi) is 8.33. The lowest BCUT2D eigenvalue weighted by Crippen LogP contribution is -2.26. The van der Waals surface area contributed by atoms with Crippen LogP contribution in [-0.2, 0) is 0 Å². The Morgan fingerprint density at radius 1 is 1.00 bits per heavy atom. The molecule has 0 aliphatic heterocycles. The summed E-state index contributed by atoms with van der Waals surface area (Å²) in [7, 11) is 0. The molecule has 0 bridgehead atoms. The number of hydrogen-bond donors (Lipinski definition) is 2. The molecule has 0 atom stereocenters. The van der Waals surface area contributed by atoms with Crippen LogP contribution in [0.3, 0.4) is 0 Å². The fourth-order valence-corrected chi connectivity index (χ4v) is 2.81. The maximum Gasteiger partial charge on any atom is 0.259 e. The van der Waals surface area contributed by atoms with Crippen molar-refractivity contribution in [2.24, 2.45) is 0 Å². The van der Waals surface area contributed by atoms with Crippen LogP contribution in [0.1, 0.15) is 53.8 Å². The number of rotatable bonds is 9. The van der Waals surface area contributed by atoms with Gasteiger partial charge < -0.3 is 15.4 Å². The molecule has 0 spiro atoms. The van der Waals surface area contributed by atoms with E-state index in [2.05, 4.69) is 33.5 Å². The highest BCUT2D eigenvalue weighted by Crippen LogP contribution is 2.25. The van der Waals surface area contributed by atoms with Crippen LogP contribution < -0.4 is 15.4 Å². The summed E-state index contributed by atoms with van der Waals surface area (Å²) < 4.78 is 6.54. The first-order valence-electron chi connectivity index (χ1n) is 9.17. The van der Waals surface area contributed by atoms with Gasteiger partial charge in [0.25, 0.3) is 11.8 Å². The van der Waals surface area contributed by atoms with Crippen LogP contribution in [0.5, 0.6) is 5.75 Å². The molecule has 144 valence electrons. The molecule has 0 heterocycles. The third-order valence-corrected chi connectivity index (χ3v) is 4.39. The lowest BCUT2D eigenvalue weighted by molar-refractivity contribution is 0.0954. The second kappa shape index (κ2) is 10.7. The smallest absolute Gasteiger partial charge is 0.259 e. The maximum absolute atomic E-state index is 12.9. The average molecular weight is 433 g/mol. The minimum atomic E-state index is -0.321. The Bertz CT molecular complexity index is 793. The summed E-state index contributed by atoms with van der Waals surface area (Å²) in [6.45, 7) is 5.21. The van der Waals surface area contributed by atoms with E-state index >= 15 is 0 Å². The van der Waals surface area contributed by atoms with Crippen molar-refractivity contribution in [3.05, 3.63) is 58.1 Å². The number of nitrogens with one attached hydrogen (secondary N) is 2. The van der Waals surface area contributed by atoms with E-state index in [1.807, 2.05) is 13.0 Å². The minimum Gasteiger partial charge on any atom is -0.493 e. The van der Waals surface area contributed by atoms with Crippen LogP contribution in [0.2, 0.25) is 0 Å². The first-order valence-corrected chi connectivity index (χ1v) is 9.97. The lowest BCUT2D eigenvalue weighted by atomic mass is 10.1. The first kappa shape index (κ1) is 21.0. The Morgan fingerprint density at radius 2 is 1.78 bits per heavy atom. The van der Waals surface area contributed by atoms with Crippen LogP contribution in [-0.4, -0.2) is 25.0 Å².